The number of hydrogen-bond donors (Lipinski definition) is 1. The fourth-order valence-electron chi connectivity index (χ4n) is 3.95. The molecule has 0 aromatic heterocycles. The van der Waals surface area contributed by atoms with Crippen LogP contribution in [-0.2, 0) is 11.2 Å². The smallest absolute Gasteiger partial charge is 0.222 e. The summed E-state index contributed by atoms with van der Waals surface area (Å²) in [5.41, 5.74) is 0.874. The second kappa shape index (κ2) is 6.50. The number of hydrogen-bond acceptors (Lipinski definition) is 2. The van der Waals surface area contributed by atoms with Crippen LogP contribution in [0.15, 0.2) is 24.3 Å². The van der Waals surface area contributed by atoms with E-state index in [0.717, 1.165) is 30.5 Å². The Balaban J connectivity index is 1.53. The number of carbonyl (C=O) groups is 1. The number of nitrogens with zero attached hydrogens (tertiary/aromatic N) is 1. The summed E-state index contributed by atoms with van der Waals surface area (Å²) in [7, 11) is 0. The predicted octanol–water partition coefficient (Wildman–Crippen LogP) is 3.36. The first-order chi connectivity index (χ1) is 10.2. The van der Waals surface area contributed by atoms with E-state index in [4.69, 9.17) is 0 Å². The molecule has 3 heteroatoms. The monoisotopic (exact) mass is 287 g/mol. The lowest BCUT2D eigenvalue weighted by atomic mass is 9.75. The van der Waals surface area contributed by atoms with Gasteiger partial charge in [-0.15, -0.1) is 0 Å². The normalized spacial score (nSPS) is 25.4. The maximum Gasteiger partial charge on any atom is 0.222 e. The first-order valence-corrected chi connectivity index (χ1v) is 8.28. The molecule has 114 valence electrons. The van der Waals surface area contributed by atoms with Gasteiger partial charge in [0.25, 0.3) is 0 Å². The van der Waals surface area contributed by atoms with E-state index >= 15 is 0 Å². The van der Waals surface area contributed by atoms with Gasteiger partial charge in [-0.1, -0.05) is 37.5 Å². The number of carbonyl (C=O) groups excluding carboxylic acids is 1. The number of aryl methyl sites for hydroxylation is 1. The minimum atomic E-state index is 0.252. The summed E-state index contributed by atoms with van der Waals surface area (Å²) in [5.74, 6) is 2.15. The molecule has 0 spiro atoms. The van der Waals surface area contributed by atoms with Gasteiger partial charge in [0.15, 0.2) is 0 Å². The van der Waals surface area contributed by atoms with Crippen molar-refractivity contribution in [1.29, 1.82) is 0 Å². The molecule has 1 amide bonds. The molecule has 1 saturated heterocycles. The van der Waals surface area contributed by atoms with Gasteiger partial charge < -0.3 is 10.0 Å². The third-order valence-electron chi connectivity index (χ3n) is 5.24. The van der Waals surface area contributed by atoms with Gasteiger partial charge in [-0.2, -0.15) is 0 Å². The molecule has 1 aliphatic carbocycles. The summed E-state index contributed by atoms with van der Waals surface area (Å²) in [6.07, 6.45) is 7.71. The van der Waals surface area contributed by atoms with Gasteiger partial charge in [-0.05, 0) is 42.7 Å². The Morgan fingerprint density at radius 3 is 2.71 bits per heavy atom. The highest BCUT2D eigenvalue weighted by Gasteiger charge is 2.32. The molecule has 21 heavy (non-hydrogen) atoms. The zero-order valence-electron chi connectivity index (χ0n) is 12.6. The van der Waals surface area contributed by atoms with Crippen molar-refractivity contribution in [3.05, 3.63) is 29.8 Å². The fraction of sp³-hybridized carbons (Fsp3) is 0.611. The van der Waals surface area contributed by atoms with Crippen molar-refractivity contribution in [2.75, 3.05) is 13.1 Å². The van der Waals surface area contributed by atoms with Crippen molar-refractivity contribution in [1.82, 2.24) is 4.90 Å². The maximum absolute atomic E-state index is 12.4. The summed E-state index contributed by atoms with van der Waals surface area (Å²) in [5, 5.41) is 9.76. The molecule has 2 atom stereocenters. The summed E-state index contributed by atoms with van der Waals surface area (Å²) in [6, 6.07) is 7.31. The standard InChI is InChI=1S/C18H25NO2/c20-17-8-4-3-6-15(17)9-10-18(21)19-12-11-14-5-1-2-7-16(14)13-19/h3-4,6,8,14,16,20H,1-2,5,7,9-13H2. The lowest BCUT2D eigenvalue weighted by molar-refractivity contribution is -0.134. The van der Waals surface area contributed by atoms with E-state index in [9.17, 15) is 9.90 Å². The van der Waals surface area contributed by atoms with Gasteiger partial charge >= 0.3 is 0 Å². The zero-order valence-corrected chi connectivity index (χ0v) is 12.6. The Morgan fingerprint density at radius 2 is 1.90 bits per heavy atom. The quantitative estimate of drug-likeness (QED) is 0.926. The molecule has 2 fully saturated rings. The highest BCUT2D eigenvalue weighted by molar-refractivity contribution is 5.76. The topological polar surface area (TPSA) is 40.5 Å². The number of benzene rings is 1. The van der Waals surface area contributed by atoms with E-state index < -0.39 is 0 Å². The van der Waals surface area contributed by atoms with Gasteiger partial charge in [-0.3, -0.25) is 4.79 Å². The number of piperidine rings is 1. The van der Waals surface area contributed by atoms with Crippen LogP contribution in [0.5, 0.6) is 5.75 Å². The lowest BCUT2D eigenvalue weighted by Crippen LogP contribution is -2.44. The zero-order chi connectivity index (χ0) is 14.7. The molecule has 2 aliphatic rings. The van der Waals surface area contributed by atoms with Crippen molar-refractivity contribution in [2.24, 2.45) is 11.8 Å². The van der Waals surface area contributed by atoms with Crippen molar-refractivity contribution in [2.45, 2.75) is 44.9 Å². The van der Waals surface area contributed by atoms with Crippen LogP contribution < -0.4 is 0 Å². The van der Waals surface area contributed by atoms with Crippen LogP contribution >= 0.6 is 0 Å². The van der Waals surface area contributed by atoms with Gasteiger partial charge in [0.2, 0.25) is 5.91 Å². The average molecular weight is 287 g/mol. The Labute approximate surface area is 127 Å². The molecule has 3 nitrogen and oxygen atoms in total. The van der Waals surface area contributed by atoms with Crippen LogP contribution in [0.1, 0.15) is 44.1 Å². The van der Waals surface area contributed by atoms with Gasteiger partial charge in [0.1, 0.15) is 5.75 Å². The van der Waals surface area contributed by atoms with Crippen molar-refractivity contribution in [3.8, 4) is 5.75 Å². The Bertz CT molecular complexity index is 500. The summed E-state index contributed by atoms with van der Waals surface area (Å²) >= 11 is 0. The number of likely N-dealkylation sites (tertiary alicyclic amines) is 1. The van der Waals surface area contributed by atoms with E-state index in [0.29, 0.717) is 18.6 Å². The molecule has 1 saturated carbocycles. The largest absolute Gasteiger partial charge is 0.508 e. The SMILES string of the molecule is O=C(CCc1ccccc1O)N1CCC2CCCCC2C1. The number of phenols is 1. The first-order valence-electron chi connectivity index (χ1n) is 8.28. The summed E-state index contributed by atoms with van der Waals surface area (Å²) in [6.45, 7) is 1.89. The molecular weight excluding hydrogens is 262 g/mol. The molecule has 0 bridgehead atoms. The Morgan fingerprint density at radius 1 is 1.14 bits per heavy atom. The van der Waals surface area contributed by atoms with E-state index in [-0.39, 0.29) is 5.91 Å². The van der Waals surface area contributed by atoms with E-state index in [1.165, 1.54) is 32.1 Å². The van der Waals surface area contributed by atoms with Crippen molar-refractivity contribution >= 4 is 5.91 Å². The van der Waals surface area contributed by atoms with E-state index in [2.05, 4.69) is 4.90 Å². The van der Waals surface area contributed by atoms with Crippen LogP contribution in [0.25, 0.3) is 0 Å². The molecular formula is C18H25NO2. The molecule has 1 heterocycles. The van der Waals surface area contributed by atoms with Crippen LogP contribution in [0.2, 0.25) is 0 Å². The molecule has 3 rings (SSSR count). The van der Waals surface area contributed by atoms with Crippen LogP contribution in [-0.4, -0.2) is 29.0 Å². The van der Waals surface area contributed by atoms with E-state index in [1.807, 2.05) is 18.2 Å². The predicted molar refractivity (Wildman–Crippen MR) is 83.1 cm³/mol. The number of rotatable bonds is 3. The third-order valence-corrected chi connectivity index (χ3v) is 5.24. The second-order valence-corrected chi connectivity index (χ2v) is 6.56. The first kappa shape index (κ1) is 14.4. The van der Waals surface area contributed by atoms with Crippen LogP contribution in [0.3, 0.4) is 0 Å². The lowest BCUT2D eigenvalue weighted by Gasteiger charge is -2.41. The maximum atomic E-state index is 12.4. The molecule has 0 radical (unpaired) electrons. The molecule has 1 N–H and O–H groups in total. The number of amides is 1. The van der Waals surface area contributed by atoms with Crippen molar-refractivity contribution < 1.29 is 9.90 Å². The highest BCUT2D eigenvalue weighted by atomic mass is 16.3. The van der Waals surface area contributed by atoms with Crippen LogP contribution in [0.4, 0.5) is 0 Å². The minimum absolute atomic E-state index is 0.252. The minimum Gasteiger partial charge on any atom is -0.508 e. The number of phenolic OH excluding ortho intramolecular Hbond substituents is 1. The van der Waals surface area contributed by atoms with Gasteiger partial charge in [-0.25, -0.2) is 0 Å². The second-order valence-electron chi connectivity index (χ2n) is 6.56. The number of aromatic hydroxyl groups is 1. The summed E-state index contributed by atoms with van der Waals surface area (Å²) < 4.78 is 0. The molecule has 1 aromatic rings. The molecule has 1 aliphatic heterocycles. The van der Waals surface area contributed by atoms with Crippen molar-refractivity contribution in [3.63, 3.8) is 0 Å². The highest BCUT2D eigenvalue weighted by Crippen LogP contribution is 2.36. The number of para-hydroxylation sites is 1. The average Bonchev–Trinajstić information content (AvgIpc) is 2.53. The fourth-order valence-corrected chi connectivity index (χ4v) is 3.95. The number of fused-ring (bicyclic) bond motifs is 1. The Kier molecular flexibility index (Phi) is 4.47. The third kappa shape index (κ3) is 3.39. The Hall–Kier alpha value is -1.51. The molecule has 1 aromatic carbocycles. The van der Waals surface area contributed by atoms with E-state index in [1.54, 1.807) is 6.07 Å². The molecule has 2 unspecified atom stereocenters. The van der Waals surface area contributed by atoms with Gasteiger partial charge in [0.05, 0.1) is 0 Å². The van der Waals surface area contributed by atoms with Gasteiger partial charge in [0, 0.05) is 19.5 Å². The summed E-state index contributed by atoms with van der Waals surface area (Å²) in [4.78, 5) is 14.5. The van der Waals surface area contributed by atoms with Crippen LogP contribution in [0, 0.1) is 11.8 Å².